The monoisotopic (exact) mass is 1170 g/mol. The van der Waals surface area contributed by atoms with E-state index in [0.29, 0.717) is 27.6 Å². The number of hydrogen-bond donors (Lipinski definition) is 5. The number of pyridine rings is 10. The second-order valence-electron chi connectivity index (χ2n) is 18.6. The van der Waals surface area contributed by atoms with Crippen LogP contribution >= 0.6 is 0 Å². The van der Waals surface area contributed by atoms with E-state index >= 15 is 0 Å². The average molecular weight is 1170 g/mol. The van der Waals surface area contributed by atoms with Crippen LogP contribution in [0, 0.1) is 0 Å². The Morgan fingerprint density at radius 1 is 0.209 bits per heavy atom. The topological polar surface area (TPSA) is 315 Å². The van der Waals surface area contributed by atoms with Crippen LogP contribution in [0.25, 0.3) is 109 Å². The van der Waals surface area contributed by atoms with Gasteiger partial charge in [-0.25, -0.2) is 48.9 Å². The molecule has 0 aliphatic rings. The fourth-order valence-corrected chi connectivity index (χ4v) is 9.21. The minimum atomic E-state index is -1.03. The maximum atomic E-state index is 10.9. The molecule has 10 heterocycles. The number of fused-ring (bicyclic) bond motifs is 15. The second-order valence-corrected chi connectivity index (χ2v) is 18.6. The van der Waals surface area contributed by atoms with Gasteiger partial charge < -0.3 is 25.5 Å². The van der Waals surface area contributed by atoms with Gasteiger partial charge in [0.05, 0.1) is 55.2 Å². The fourth-order valence-electron chi connectivity index (χ4n) is 9.21. The van der Waals surface area contributed by atoms with Crippen LogP contribution in [0.1, 0.15) is 52.4 Å². The molecule has 10 aromatic heterocycles. The predicted octanol–water partition coefficient (Wildman–Crippen LogP) is 12.4. The summed E-state index contributed by atoms with van der Waals surface area (Å²) in [6.07, 6.45) is 8.39. The number of carboxylic acid groups (broad SMARTS) is 5. The zero-order chi connectivity index (χ0) is 59.1. The molecule has 5 aromatic carbocycles. The third-order valence-corrected chi connectivity index (χ3v) is 13.3. The van der Waals surface area contributed by atoms with E-state index in [2.05, 4.69) is 49.8 Å². The Balaban J connectivity index is 0.000000119. The molecule has 0 amide bonds. The summed E-state index contributed by atoms with van der Waals surface area (Å²) in [5.41, 5.74) is 6.98. The maximum absolute atomic E-state index is 10.9. The fraction of sp³-hybridized carbons (Fsp3) is 0. The van der Waals surface area contributed by atoms with Crippen molar-refractivity contribution < 1.29 is 68.1 Å². The largest absolute Gasteiger partial charge is 0.477 e. The van der Waals surface area contributed by atoms with E-state index in [0.717, 1.165) is 81.4 Å². The third kappa shape index (κ3) is 12.2. The Bertz CT molecular complexity index is 4440. The molecular weight excluding hydrogens is 1130 g/mol. The average Bonchev–Trinajstić information content (AvgIpc) is 1.45. The Morgan fingerprint density at radius 2 is 0.349 bits per heavy atom. The van der Waals surface area contributed by atoms with Crippen LogP contribution in [0.2, 0.25) is 0 Å². The van der Waals surface area contributed by atoms with E-state index in [-0.39, 0.29) is 47.0 Å². The van der Waals surface area contributed by atoms with E-state index in [9.17, 15) is 24.0 Å². The van der Waals surface area contributed by atoms with Crippen molar-refractivity contribution in [2.45, 2.75) is 0 Å². The summed E-state index contributed by atoms with van der Waals surface area (Å²) in [6.45, 7) is 0. The maximum Gasteiger partial charge on any atom is 0.354 e. The molecule has 15 aromatic rings. The Kier molecular flexibility index (Phi) is 16.7. The van der Waals surface area contributed by atoms with Gasteiger partial charge in [-0.3, -0.25) is 24.9 Å². The third-order valence-electron chi connectivity index (χ3n) is 13.3. The molecule has 15 rings (SSSR count). The van der Waals surface area contributed by atoms with Gasteiger partial charge >= 0.3 is 29.8 Å². The van der Waals surface area contributed by atoms with Gasteiger partial charge in [0.15, 0.2) is 0 Å². The number of carbonyl (C=O) groups is 5. The molecule has 1 radical (unpaired) electrons. The van der Waals surface area contributed by atoms with E-state index in [1.54, 1.807) is 61.3 Å². The Hall–Kier alpha value is -11.9. The molecule has 0 saturated heterocycles. The quantitative estimate of drug-likeness (QED) is 0.1000. The summed E-state index contributed by atoms with van der Waals surface area (Å²) in [6, 6.07) is 54.4. The number of nitrogens with zero attached hydrogens (tertiary/aromatic N) is 10. The van der Waals surface area contributed by atoms with Gasteiger partial charge in [0.2, 0.25) is 0 Å². The second kappa shape index (κ2) is 25.1. The van der Waals surface area contributed by atoms with Gasteiger partial charge in [-0.15, -0.1) is 0 Å². The summed E-state index contributed by atoms with van der Waals surface area (Å²) in [5, 5.41) is 53.9. The van der Waals surface area contributed by atoms with Crippen molar-refractivity contribution in [2.24, 2.45) is 0 Å². The van der Waals surface area contributed by atoms with Crippen LogP contribution in [-0.2, 0) is 18.6 Å². The van der Waals surface area contributed by atoms with Crippen molar-refractivity contribution in [2.75, 3.05) is 0 Å². The molecule has 5 N–H and O–H groups in total. The van der Waals surface area contributed by atoms with Crippen LogP contribution in [0.4, 0.5) is 0 Å². The SMILES string of the molecule is O=C(O)c1ccc2ccc3cccnc3c2n1.O=C(O)c1ccc2ccc3cccnc3c2n1.O=C(O)c1ccc2ccc3cccnc3c2n1.O=C(O)c1ccc2ccc3cccnc3c2n1.O=C(O)c1ccc2ccc3cccnc3c2n1.[V]. The molecule has 415 valence electrons. The molecule has 0 aliphatic heterocycles. The van der Waals surface area contributed by atoms with Crippen LogP contribution in [0.3, 0.4) is 0 Å². The molecule has 0 aliphatic carbocycles. The number of hydrogen-bond acceptors (Lipinski definition) is 15. The summed E-state index contributed by atoms with van der Waals surface area (Å²) in [5.74, 6) is -5.14. The number of carboxylic acids is 5. The standard InChI is InChI=1S/5C13H8N2O2.V/c5*16-13(17)10-6-5-9-4-3-8-2-1-7-14-11(8)12(9)15-10;/h5*1-7H,(H,16,17);. The smallest absolute Gasteiger partial charge is 0.354 e. The van der Waals surface area contributed by atoms with Crippen molar-refractivity contribution >= 4 is 139 Å². The minimum Gasteiger partial charge on any atom is -0.477 e. The van der Waals surface area contributed by atoms with Crippen molar-refractivity contribution in [1.82, 2.24) is 49.8 Å². The van der Waals surface area contributed by atoms with Gasteiger partial charge in [0.1, 0.15) is 28.5 Å². The summed E-state index contributed by atoms with van der Waals surface area (Å²) in [4.78, 5) is 96.5. The summed E-state index contributed by atoms with van der Waals surface area (Å²) >= 11 is 0. The van der Waals surface area contributed by atoms with Gasteiger partial charge in [-0.05, 0) is 60.7 Å². The van der Waals surface area contributed by atoms with Crippen molar-refractivity contribution in [1.29, 1.82) is 0 Å². The molecule has 0 spiro atoms. The summed E-state index contributed by atoms with van der Waals surface area (Å²) in [7, 11) is 0. The molecule has 0 bridgehead atoms. The van der Waals surface area contributed by atoms with Crippen molar-refractivity contribution in [3.05, 3.63) is 241 Å². The predicted molar refractivity (Wildman–Crippen MR) is 320 cm³/mol. The molecule has 0 atom stereocenters. The number of aromatic carboxylic acids is 5. The number of rotatable bonds is 5. The first-order chi connectivity index (χ1) is 41.3. The Labute approximate surface area is 495 Å². The van der Waals surface area contributed by atoms with Gasteiger partial charge in [0.25, 0.3) is 0 Å². The van der Waals surface area contributed by atoms with Gasteiger partial charge in [0, 0.05) is 103 Å². The van der Waals surface area contributed by atoms with Crippen LogP contribution in [0.15, 0.2) is 213 Å². The molecule has 86 heavy (non-hydrogen) atoms. The van der Waals surface area contributed by atoms with E-state index in [1.165, 1.54) is 30.3 Å². The molecule has 0 saturated carbocycles. The normalized spacial score (nSPS) is 10.7. The molecular formula is C65H40N10O10V. The minimum absolute atomic E-state index is 0. The van der Waals surface area contributed by atoms with E-state index in [4.69, 9.17) is 25.5 Å². The van der Waals surface area contributed by atoms with E-state index < -0.39 is 29.8 Å². The molecule has 20 nitrogen and oxygen atoms in total. The van der Waals surface area contributed by atoms with Crippen LogP contribution in [0.5, 0.6) is 0 Å². The number of benzene rings is 5. The number of aromatic nitrogens is 10. The zero-order valence-corrected chi connectivity index (χ0v) is 45.8. The zero-order valence-electron chi connectivity index (χ0n) is 44.4. The molecule has 0 unspecified atom stereocenters. The van der Waals surface area contributed by atoms with E-state index in [1.807, 2.05) is 121 Å². The first kappa shape index (κ1) is 57.4. The summed E-state index contributed by atoms with van der Waals surface area (Å²) < 4.78 is 0. The molecule has 21 heteroatoms. The van der Waals surface area contributed by atoms with Gasteiger partial charge in [-0.2, -0.15) is 0 Å². The van der Waals surface area contributed by atoms with Crippen molar-refractivity contribution in [3.8, 4) is 0 Å². The molecule has 0 fully saturated rings. The first-order valence-corrected chi connectivity index (χ1v) is 25.7. The Morgan fingerprint density at radius 3 is 0.500 bits per heavy atom. The van der Waals surface area contributed by atoms with Crippen LogP contribution in [-0.4, -0.2) is 105 Å². The first-order valence-electron chi connectivity index (χ1n) is 25.7. The van der Waals surface area contributed by atoms with Gasteiger partial charge in [-0.1, -0.05) is 121 Å². The van der Waals surface area contributed by atoms with Crippen molar-refractivity contribution in [3.63, 3.8) is 0 Å². The van der Waals surface area contributed by atoms with Crippen LogP contribution < -0.4 is 0 Å².